The standard InChI is InChI=1S/C16H18N2O4S/c1-22-15-5-3-4-12(10-15)11-17-16(19)13-6-8-14(9-7-13)18-23(2,20)21/h3-10,18H,11H2,1-2H3,(H,17,19). The topological polar surface area (TPSA) is 84.5 Å². The Hall–Kier alpha value is -2.54. The summed E-state index contributed by atoms with van der Waals surface area (Å²) < 4.78 is 29.7. The molecule has 0 aliphatic rings. The molecule has 0 heterocycles. The Bertz CT molecular complexity index is 786. The lowest BCUT2D eigenvalue weighted by Gasteiger charge is -2.08. The Balaban J connectivity index is 1.97. The van der Waals surface area contributed by atoms with E-state index in [9.17, 15) is 13.2 Å². The minimum atomic E-state index is -3.33. The van der Waals surface area contributed by atoms with Gasteiger partial charge in [-0.2, -0.15) is 0 Å². The van der Waals surface area contributed by atoms with E-state index >= 15 is 0 Å². The molecule has 6 nitrogen and oxygen atoms in total. The third-order valence-electron chi connectivity index (χ3n) is 3.04. The minimum absolute atomic E-state index is 0.237. The molecular weight excluding hydrogens is 316 g/mol. The minimum Gasteiger partial charge on any atom is -0.497 e. The van der Waals surface area contributed by atoms with Crippen LogP contribution in [0, 0.1) is 0 Å². The molecule has 0 bridgehead atoms. The van der Waals surface area contributed by atoms with Gasteiger partial charge in [-0.25, -0.2) is 8.42 Å². The van der Waals surface area contributed by atoms with E-state index in [4.69, 9.17) is 4.74 Å². The predicted molar refractivity (Wildman–Crippen MR) is 89.1 cm³/mol. The smallest absolute Gasteiger partial charge is 0.251 e. The average Bonchev–Trinajstić information content (AvgIpc) is 2.52. The van der Waals surface area contributed by atoms with Gasteiger partial charge < -0.3 is 10.1 Å². The largest absolute Gasteiger partial charge is 0.497 e. The molecule has 2 N–H and O–H groups in total. The summed E-state index contributed by atoms with van der Waals surface area (Å²) in [6.45, 7) is 0.374. The van der Waals surface area contributed by atoms with Crippen LogP contribution in [-0.4, -0.2) is 27.7 Å². The van der Waals surface area contributed by atoms with Crippen LogP contribution in [0.15, 0.2) is 48.5 Å². The van der Waals surface area contributed by atoms with Crippen LogP contribution in [0.5, 0.6) is 5.75 Å². The van der Waals surface area contributed by atoms with Crippen molar-refractivity contribution in [1.82, 2.24) is 5.32 Å². The van der Waals surface area contributed by atoms with Gasteiger partial charge in [0.25, 0.3) is 5.91 Å². The molecule has 0 aliphatic carbocycles. The highest BCUT2D eigenvalue weighted by molar-refractivity contribution is 7.92. The molecule has 122 valence electrons. The maximum absolute atomic E-state index is 12.1. The second-order valence-corrected chi connectivity index (χ2v) is 6.73. The third-order valence-corrected chi connectivity index (χ3v) is 3.64. The average molecular weight is 334 g/mol. The lowest BCUT2D eigenvalue weighted by atomic mass is 10.1. The van der Waals surface area contributed by atoms with Crippen molar-refractivity contribution in [2.24, 2.45) is 0 Å². The number of anilines is 1. The Morgan fingerprint density at radius 3 is 2.43 bits per heavy atom. The zero-order chi connectivity index (χ0) is 16.9. The molecule has 0 radical (unpaired) electrons. The first-order valence-electron chi connectivity index (χ1n) is 6.86. The van der Waals surface area contributed by atoms with Gasteiger partial charge in [0.1, 0.15) is 5.75 Å². The number of benzene rings is 2. The molecule has 0 spiro atoms. The summed E-state index contributed by atoms with van der Waals surface area (Å²) in [4.78, 5) is 12.1. The van der Waals surface area contributed by atoms with E-state index in [1.165, 1.54) is 0 Å². The van der Waals surface area contributed by atoms with E-state index in [1.54, 1.807) is 31.4 Å². The summed E-state index contributed by atoms with van der Waals surface area (Å²) in [5.41, 5.74) is 1.79. The molecule has 0 fully saturated rings. The van der Waals surface area contributed by atoms with Gasteiger partial charge in [-0.1, -0.05) is 12.1 Å². The Labute approximate surface area is 135 Å². The Morgan fingerprint density at radius 2 is 1.83 bits per heavy atom. The predicted octanol–water partition coefficient (Wildman–Crippen LogP) is 2.00. The van der Waals surface area contributed by atoms with Crippen molar-refractivity contribution in [2.45, 2.75) is 6.54 Å². The Morgan fingerprint density at radius 1 is 1.13 bits per heavy atom. The van der Waals surface area contributed by atoms with Crippen molar-refractivity contribution in [1.29, 1.82) is 0 Å². The van der Waals surface area contributed by atoms with Crippen LogP contribution < -0.4 is 14.8 Å². The van der Waals surface area contributed by atoms with Crippen molar-refractivity contribution in [2.75, 3.05) is 18.1 Å². The number of hydrogen-bond acceptors (Lipinski definition) is 4. The summed E-state index contributed by atoms with van der Waals surface area (Å²) >= 11 is 0. The van der Waals surface area contributed by atoms with Crippen molar-refractivity contribution in [3.05, 3.63) is 59.7 Å². The van der Waals surface area contributed by atoms with Crippen LogP contribution in [0.4, 0.5) is 5.69 Å². The van der Waals surface area contributed by atoms with Gasteiger partial charge in [-0.15, -0.1) is 0 Å². The van der Waals surface area contributed by atoms with Crippen molar-refractivity contribution < 1.29 is 17.9 Å². The maximum atomic E-state index is 12.1. The van der Waals surface area contributed by atoms with Gasteiger partial charge in [0.15, 0.2) is 0 Å². The van der Waals surface area contributed by atoms with Crippen molar-refractivity contribution in [3.63, 3.8) is 0 Å². The molecule has 2 aromatic rings. The fourth-order valence-corrected chi connectivity index (χ4v) is 2.53. The number of rotatable bonds is 6. The fraction of sp³-hybridized carbons (Fsp3) is 0.188. The van der Waals surface area contributed by atoms with Crippen LogP contribution >= 0.6 is 0 Å². The van der Waals surface area contributed by atoms with Gasteiger partial charge in [-0.3, -0.25) is 9.52 Å². The van der Waals surface area contributed by atoms with Crippen LogP contribution in [0.3, 0.4) is 0 Å². The molecule has 2 rings (SSSR count). The highest BCUT2D eigenvalue weighted by Gasteiger charge is 2.07. The summed E-state index contributed by atoms with van der Waals surface area (Å²) in [6.07, 6.45) is 1.07. The van der Waals surface area contributed by atoms with E-state index in [-0.39, 0.29) is 5.91 Å². The molecule has 7 heteroatoms. The summed E-state index contributed by atoms with van der Waals surface area (Å²) in [6, 6.07) is 13.6. The van der Waals surface area contributed by atoms with E-state index in [1.807, 2.05) is 24.3 Å². The molecular formula is C16H18N2O4S. The van der Waals surface area contributed by atoms with Gasteiger partial charge in [0.2, 0.25) is 10.0 Å². The van der Waals surface area contributed by atoms with Gasteiger partial charge >= 0.3 is 0 Å². The molecule has 0 saturated heterocycles. The molecule has 0 unspecified atom stereocenters. The normalized spacial score (nSPS) is 10.9. The second kappa shape index (κ2) is 7.15. The number of carbonyl (C=O) groups excluding carboxylic acids is 1. The first-order valence-corrected chi connectivity index (χ1v) is 8.75. The summed E-state index contributed by atoms with van der Waals surface area (Å²) in [5, 5.41) is 2.80. The monoisotopic (exact) mass is 334 g/mol. The first-order chi connectivity index (χ1) is 10.9. The molecule has 0 aliphatic heterocycles. The summed E-state index contributed by atoms with van der Waals surface area (Å²) in [5.74, 6) is 0.492. The highest BCUT2D eigenvalue weighted by Crippen LogP contribution is 2.13. The molecule has 0 aromatic heterocycles. The zero-order valence-corrected chi connectivity index (χ0v) is 13.7. The van der Waals surface area contributed by atoms with Crippen LogP contribution in [0.2, 0.25) is 0 Å². The van der Waals surface area contributed by atoms with E-state index in [0.29, 0.717) is 17.8 Å². The number of amides is 1. The van der Waals surface area contributed by atoms with E-state index in [0.717, 1.165) is 17.6 Å². The second-order valence-electron chi connectivity index (χ2n) is 4.99. The van der Waals surface area contributed by atoms with Gasteiger partial charge in [0, 0.05) is 17.8 Å². The molecule has 23 heavy (non-hydrogen) atoms. The number of carbonyl (C=O) groups is 1. The number of nitrogens with one attached hydrogen (secondary N) is 2. The molecule has 0 atom stereocenters. The van der Waals surface area contributed by atoms with Gasteiger partial charge in [-0.05, 0) is 42.0 Å². The number of hydrogen-bond donors (Lipinski definition) is 2. The number of ether oxygens (including phenoxy) is 1. The first kappa shape index (κ1) is 16.8. The fourth-order valence-electron chi connectivity index (χ4n) is 1.97. The van der Waals surface area contributed by atoms with Crippen LogP contribution in [0.25, 0.3) is 0 Å². The van der Waals surface area contributed by atoms with E-state index < -0.39 is 10.0 Å². The SMILES string of the molecule is COc1cccc(CNC(=O)c2ccc(NS(C)(=O)=O)cc2)c1. The quantitative estimate of drug-likeness (QED) is 0.846. The molecule has 1 amide bonds. The number of sulfonamides is 1. The maximum Gasteiger partial charge on any atom is 0.251 e. The third kappa shape index (κ3) is 5.30. The van der Waals surface area contributed by atoms with Crippen LogP contribution in [-0.2, 0) is 16.6 Å². The molecule has 2 aromatic carbocycles. The van der Waals surface area contributed by atoms with Crippen molar-refractivity contribution in [3.8, 4) is 5.75 Å². The van der Waals surface area contributed by atoms with Crippen molar-refractivity contribution >= 4 is 21.6 Å². The zero-order valence-electron chi connectivity index (χ0n) is 12.9. The van der Waals surface area contributed by atoms with Crippen LogP contribution in [0.1, 0.15) is 15.9 Å². The van der Waals surface area contributed by atoms with E-state index in [2.05, 4.69) is 10.0 Å². The van der Waals surface area contributed by atoms with Gasteiger partial charge in [0.05, 0.1) is 13.4 Å². The number of methoxy groups -OCH3 is 1. The highest BCUT2D eigenvalue weighted by atomic mass is 32.2. The Kier molecular flexibility index (Phi) is 5.23. The molecule has 0 saturated carbocycles. The lowest BCUT2D eigenvalue weighted by Crippen LogP contribution is -2.22. The lowest BCUT2D eigenvalue weighted by molar-refractivity contribution is 0.0951. The summed E-state index contributed by atoms with van der Waals surface area (Å²) in [7, 11) is -1.74.